The lowest BCUT2D eigenvalue weighted by molar-refractivity contribution is -1.02. The van der Waals surface area contributed by atoms with Crippen LogP contribution in [-0.2, 0) is 11.3 Å². The van der Waals surface area contributed by atoms with Gasteiger partial charge in [-0.2, -0.15) is 0 Å². The zero-order valence-electron chi connectivity index (χ0n) is 13.8. The maximum atomic E-state index is 12.4. The van der Waals surface area contributed by atoms with Crippen molar-refractivity contribution in [3.63, 3.8) is 0 Å². The second kappa shape index (κ2) is 8.12. The molecule has 6 heteroatoms. The monoisotopic (exact) mass is 365 g/mol. The maximum Gasteiger partial charge on any atom is 0.282 e. The number of nitrogens with one attached hydrogen (secondary N) is 3. The highest BCUT2D eigenvalue weighted by molar-refractivity contribution is 7.16. The molecule has 0 radical (unpaired) electrons. The number of carbonyl (C=O) groups excluding carboxylic acids is 1. The number of carbonyl (C=O) groups is 1. The zero-order valence-corrected chi connectivity index (χ0v) is 15.4. The lowest BCUT2D eigenvalue weighted by Gasteiger charge is -2.32. The standard InChI is InChI=1S/C18H22ClN3OS/c1-14(18(23)20-15-5-3-2-4-6-15)22-11-9-21(10-12-22)13-16-7-8-17(19)24-16/h2-8,14H,9-13H2,1H3,(H,20,23)/p+2/t14-/m0/s1. The fourth-order valence-corrected chi connectivity index (χ4v) is 4.34. The molecule has 0 unspecified atom stereocenters. The largest absolute Gasteiger partial charge is 0.321 e. The van der Waals surface area contributed by atoms with E-state index in [4.69, 9.17) is 11.6 Å². The summed E-state index contributed by atoms with van der Waals surface area (Å²) in [6, 6.07) is 13.7. The van der Waals surface area contributed by atoms with Crippen molar-refractivity contribution >= 4 is 34.5 Å². The van der Waals surface area contributed by atoms with Crippen LogP contribution in [0, 0.1) is 0 Å². The number of hydrogen-bond donors (Lipinski definition) is 3. The summed E-state index contributed by atoms with van der Waals surface area (Å²) in [5.74, 6) is 0.102. The van der Waals surface area contributed by atoms with Crippen LogP contribution in [0.15, 0.2) is 42.5 Å². The zero-order chi connectivity index (χ0) is 16.9. The van der Waals surface area contributed by atoms with Gasteiger partial charge in [0.2, 0.25) is 0 Å². The minimum Gasteiger partial charge on any atom is -0.321 e. The molecule has 2 heterocycles. The second-order valence-corrected chi connectivity index (χ2v) is 8.17. The molecule has 1 aromatic heterocycles. The van der Waals surface area contributed by atoms with Gasteiger partial charge >= 0.3 is 0 Å². The first-order valence-corrected chi connectivity index (χ1v) is 9.59. The molecule has 1 amide bonds. The van der Waals surface area contributed by atoms with E-state index in [2.05, 4.69) is 11.4 Å². The third-order valence-electron chi connectivity index (χ3n) is 4.70. The van der Waals surface area contributed by atoms with Gasteiger partial charge < -0.3 is 15.1 Å². The third-order valence-corrected chi connectivity index (χ3v) is 5.93. The summed E-state index contributed by atoms with van der Waals surface area (Å²) in [6.07, 6.45) is 0. The van der Waals surface area contributed by atoms with E-state index in [9.17, 15) is 4.79 Å². The van der Waals surface area contributed by atoms with Gasteiger partial charge in [0.25, 0.3) is 5.91 Å². The quantitative estimate of drug-likeness (QED) is 0.717. The van der Waals surface area contributed by atoms with Crippen molar-refractivity contribution in [2.45, 2.75) is 19.5 Å². The number of amides is 1. The number of benzene rings is 1. The van der Waals surface area contributed by atoms with Crippen LogP contribution in [0.3, 0.4) is 0 Å². The molecule has 4 nitrogen and oxygen atoms in total. The Kier molecular flexibility index (Phi) is 5.89. The van der Waals surface area contributed by atoms with Crippen LogP contribution < -0.4 is 15.1 Å². The van der Waals surface area contributed by atoms with Crippen molar-refractivity contribution in [1.82, 2.24) is 0 Å². The molecule has 1 fully saturated rings. The minimum absolute atomic E-state index is 0.0251. The lowest BCUT2D eigenvalue weighted by atomic mass is 10.2. The summed E-state index contributed by atoms with van der Waals surface area (Å²) in [4.78, 5) is 16.7. The summed E-state index contributed by atoms with van der Waals surface area (Å²) >= 11 is 7.67. The van der Waals surface area contributed by atoms with E-state index in [0.29, 0.717) is 0 Å². The predicted molar refractivity (Wildman–Crippen MR) is 99.0 cm³/mol. The van der Waals surface area contributed by atoms with E-state index in [0.717, 1.165) is 42.7 Å². The van der Waals surface area contributed by atoms with E-state index in [1.165, 1.54) is 9.78 Å². The van der Waals surface area contributed by atoms with E-state index in [1.807, 2.05) is 43.3 Å². The minimum atomic E-state index is -0.0251. The van der Waals surface area contributed by atoms with Crippen LogP contribution in [0.5, 0.6) is 0 Å². The van der Waals surface area contributed by atoms with Crippen molar-refractivity contribution in [1.29, 1.82) is 0 Å². The highest BCUT2D eigenvalue weighted by Gasteiger charge is 2.31. The summed E-state index contributed by atoms with van der Waals surface area (Å²) in [5.41, 5.74) is 0.868. The van der Waals surface area contributed by atoms with Gasteiger partial charge in [0.05, 0.1) is 9.21 Å². The average Bonchev–Trinajstić information content (AvgIpc) is 3.00. The lowest BCUT2D eigenvalue weighted by Crippen LogP contribution is -3.29. The molecule has 24 heavy (non-hydrogen) atoms. The summed E-state index contributed by atoms with van der Waals surface area (Å²) < 4.78 is 0.861. The van der Waals surface area contributed by atoms with E-state index < -0.39 is 0 Å². The number of anilines is 1. The highest BCUT2D eigenvalue weighted by Crippen LogP contribution is 2.20. The molecular formula is C18H24ClN3OS+2. The number of piperazine rings is 1. The summed E-state index contributed by atoms with van der Waals surface area (Å²) in [6.45, 7) is 7.30. The summed E-state index contributed by atoms with van der Waals surface area (Å²) in [5, 5.41) is 3.01. The molecule has 1 aromatic carbocycles. The number of hydrogen-bond acceptors (Lipinski definition) is 2. The molecule has 0 spiro atoms. The van der Waals surface area contributed by atoms with Crippen molar-refractivity contribution < 1.29 is 14.6 Å². The Morgan fingerprint density at radius 1 is 1.17 bits per heavy atom. The molecule has 128 valence electrons. The number of halogens is 1. The van der Waals surface area contributed by atoms with Crippen molar-refractivity contribution in [2.75, 3.05) is 31.5 Å². The smallest absolute Gasteiger partial charge is 0.282 e. The second-order valence-electron chi connectivity index (χ2n) is 6.37. The van der Waals surface area contributed by atoms with E-state index in [1.54, 1.807) is 16.2 Å². The van der Waals surface area contributed by atoms with Crippen LogP contribution in [0.2, 0.25) is 4.34 Å². The number of para-hydroxylation sites is 1. The molecule has 1 aliphatic heterocycles. The fraction of sp³-hybridized carbons (Fsp3) is 0.389. The Hall–Kier alpha value is -1.40. The Labute approximate surface area is 152 Å². The Morgan fingerprint density at radius 2 is 1.88 bits per heavy atom. The topological polar surface area (TPSA) is 38.0 Å². The first-order chi connectivity index (χ1) is 11.6. The Balaban J connectivity index is 1.47. The molecule has 0 saturated carbocycles. The van der Waals surface area contributed by atoms with Crippen molar-refractivity contribution in [3.05, 3.63) is 51.7 Å². The van der Waals surface area contributed by atoms with Gasteiger partial charge in [-0.05, 0) is 31.2 Å². The van der Waals surface area contributed by atoms with Gasteiger partial charge in [-0.15, -0.1) is 11.3 Å². The normalized spacial score (nSPS) is 22.1. The Morgan fingerprint density at radius 3 is 2.50 bits per heavy atom. The summed E-state index contributed by atoms with van der Waals surface area (Å²) in [7, 11) is 0. The fourth-order valence-electron chi connectivity index (χ4n) is 3.19. The van der Waals surface area contributed by atoms with Crippen molar-refractivity contribution in [2.24, 2.45) is 0 Å². The molecule has 1 saturated heterocycles. The number of quaternary nitrogens is 2. The molecule has 0 bridgehead atoms. The molecule has 0 aliphatic carbocycles. The van der Waals surface area contributed by atoms with Crippen LogP contribution in [-0.4, -0.2) is 38.1 Å². The molecule has 2 aromatic rings. The van der Waals surface area contributed by atoms with Crippen LogP contribution in [0.25, 0.3) is 0 Å². The average molecular weight is 366 g/mol. The van der Waals surface area contributed by atoms with Gasteiger partial charge in [0, 0.05) is 5.69 Å². The van der Waals surface area contributed by atoms with Gasteiger partial charge in [0.15, 0.2) is 6.04 Å². The molecular weight excluding hydrogens is 342 g/mol. The molecule has 1 aliphatic rings. The molecule has 3 rings (SSSR count). The molecule has 3 N–H and O–H groups in total. The number of thiophene rings is 1. The maximum absolute atomic E-state index is 12.4. The van der Waals surface area contributed by atoms with Gasteiger partial charge in [0.1, 0.15) is 32.7 Å². The predicted octanol–water partition coefficient (Wildman–Crippen LogP) is 0.712. The van der Waals surface area contributed by atoms with Gasteiger partial charge in [-0.25, -0.2) is 0 Å². The van der Waals surface area contributed by atoms with Gasteiger partial charge in [-0.3, -0.25) is 4.79 Å². The number of rotatable bonds is 5. The van der Waals surface area contributed by atoms with Crippen molar-refractivity contribution in [3.8, 4) is 0 Å². The Bertz CT molecular complexity index is 668. The van der Waals surface area contributed by atoms with Crippen LogP contribution in [0.1, 0.15) is 11.8 Å². The first-order valence-electron chi connectivity index (χ1n) is 8.40. The first kappa shape index (κ1) is 17.4. The van der Waals surface area contributed by atoms with E-state index >= 15 is 0 Å². The third kappa shape index (κ3) is 4.57. The molecule has 1 atom stereocenters. The van der Waals surface area contributed by atoms with E-state index in [-0.39, 0.29) is 11.9 Å². The van der Waals surface area contributed by atoms with Crippen LogP contribution >= 0.6 is 22.9 Å². The van der Waals surface area contributed by atoms with Gasteiger partial charge in [-0.1, -0.05) is 29.8 Å². The SMILES string of the molecule is C[C@@H](C(=O)Nc1ccccc1)[NH+]1CC[NH+](Cc2ccc(Cl)s2)CC1. The van der Waals surface area contributed by atoms with Crippen LogP contribution in [0.4, 0.5) is 5.69 Å². The highest BCUT2D eigenvalue weighted by atomic mass is 35.5.